The zero-order valence-electron chi connectivity index (χ0n) is 18.4. The lowest BCUT2D eigenvalue weighted by molar-refractivity contribution is 0.0815. The first kappa shape index (κ1) is 20.4. The highest BCUT2D eigenvalue weighted by atomic mass is 16.5. The van der Waals surface area contributed by atoms with Crippen LogP contribution in [0, 0.1) is 0 Å². The van der Waals surface area contributed by atoms with Crippen molar-refractivity contribution >= 4 is 11.1 Å². The summed E-state index contributed by atoms with van der Waals surface area (Å²) in [5, 5.41) is 0. The lowest BCUT2D eigenvalue weighted by Crippen LogP contribution is -2.30. The second kappa shape index (κ2) is 8.89. The summed E-state index contributed by atoms with van der Waals surface area (Å²) in [6, 6.07) is 28.3. The minimum absolute atomic E-state index is 0.0366. The van der Waals surface area contributed by atoms with Gasteiger partial charge in [0, 0.05) is 0 Å². The normalized spacial score (nSPS) is 18.6. The van der Waals surface area contributed by atoms with Gasteiger partial charge in [-0.15, -0.1) is 0 Å². The summed E-state index contributed by atoms with van der Waals surface area (Å²) in [5.41, 5.74) is 8.16. The Morgan fingerprint density at radius 3 is 2.20 bits per heavy atom. The molecule has 30 heavy (non-hydrogen) atoms. The molecule has 1 aliphatic carbocycles. The van der Waals surface area contributed by atoms with Crippen molar-refractivity contribution in [3.8, 4) is 5.75 Å². The van der Waals surface area contributed by atoms with Crippen LogP contribution in [-0.2, 0) is 0 Å². The summed E-state index contributed by atoms with van der Waals surface area (Å²) < 4.78 is 6.04. The van der Waals surface area contributed by atoms with Gasteiger partial charge in [0.15, 0.2) is 0 Å². The Balaban J connectivity index is 1.82. The second-order valence-electron chi connectivity index (χ2n) is 8.45. The number of ether oxygens (including phenoxy) is 1. The van der Waals surface area contributed by atoms with Gasteiger partial charge >= 0.3 is 0 Å². The molecule has 0 heterocycles. The fraction of sp³-hybridized carbons (Fsp3) is 0.286. The van der Waals surface area contributed by atoms with E-state index >= 15 is 0 Å². The largest absolute Gasteiger partial charge is 0.475 e. The molecule has 0 bridgehead atoms. The first-order chi connectivity index (χ1) is 14.5. The molecule has 4 rings (SSSR count). The number of allylic oxidation sites excluding steroid dienone is 1. The number of hydrogen-bond donors (Lipinski definition) is 0. The molecule has 0 spiro atoms. The van der Waals surface area contributed by atoms with E-state index in [0.717, 1.165) is 12.2 Å². The van der Waals surface area contributed by atoms with Gasteiger partial charge in [0.2, 0.25) is 0 Å². The molecule has 3 aromatic carbocycles. The summed E-state index contributed by atoms with van der Waals surface area (Å²) in [4.78, 5) is 2.06. The third-order valence-electron chi connectivity index (χ3n) is 6.19. The van der Waals surface area contributed by atoms with Crippen molar-refractivity contribution in [3.05, 3.63) is 101 Å². The first-order valence-corrected chi connectivity index (χ1v) is 10.9. The molecule has 0 amide bonds. The van der Waals surface area contributed by atoms with Gasteiger partial charge in [0.25, 0.3) is 0 Å². The van der Waals surface area contributed by atoms with Gasteiger partial charge in [-0.2, -0.15) is 0 Å². The molecular weight excluding hydrogens is 366 g/mol. The Kier molecular flexibility index (Phi) is 6.06. The van der Waals surface area contributed by atoms with Gasteiger partial charge < -0.3 is 4.74 Å². The quantitative estimate of drug-likeness (QED) is 0.438. The monoisotopic (exact) mass is 397 g/mol. The lowest BCUT2D eigenvalue weighted by Gasteiger charge is -2.28. The maximum absolute atomic E-state index is 6.04. The molecule has 0 saturated carbocycles. The van der Waals surface area contributed by atoms with E-state index in [1.54, 1.807) is 0 Å². The van der Waals surface area contributed by atoms with Crippen molar-refractivity contribution < 1.29 is 4.74 Å². The molecule has 1 aliphatic rings. The second-order valence-corrected chi connectivity index (χ2v) is 8.45. The van der Waals surface area contributed by atoms with Crippen LogP contribution in [0.25, 0.3) is 11.1 Å². The van der Waals surface area contributed by atoms with E-state index in [0.29, 0.717) is 5.92 Å². The van der Waals surface area contributed by atoms with Gasteiger partial charge in [-0.1, -0.05) is 73.7 Å². The van der Waals surface area contributed by atoms with Gasteiger partial charge in [0.05, 0.1) is 0 Å². The van der Waals surface area contributed by atoms with Crippen molar-refractivity contribution in [2.75, 3.05) is 14.1 Å². The molecule has 0 saturated heterocycles. The van der Waals surface area contributed by atoms with Crippen molar-refractivity contribution in [2.24, 2.45) is 0 Å². The van der Waals surface area contributed by atoms with Crippen molar-refractivity contribution in [3.63, 3.8) is 0 Å². The van der Waals surface area contributed by atoms with Gasteiger partial charge in [-0.05, 0) is 85.3 Å². The van der Waals surface area contributed by atoms with Crippen molar-refractivity contribution in [1.29, 1.82) is 0 Å². The topological polar surface area (TPSA) is 12.5 Å². The van der Waals surface area contributed by atoms with E-state index in [1.165, 1.54) is 39.8 Å². The van der Waals surface area contributed by atoms with Crippen LogP contribution in [0.15, 0.2) is 78.9 Å². The molecule has 0 aromatic heterocycles. The maximum atomic E-state index is 6.04. The predicted octanol–water partition coefficient (Wildman–Crippen LogP) is 6.83. The molecule has 154 valence electrons. The fourth-order valence-corrected chi connectivity index (χ4v) is 4.23. The highest BCUT2D eigenvalue weighted by Crippen LogP contribution is 2.43. The smallest absolute Gasteiger partial charge is 0.149 e. The van der Waals surface area contributed by atoms with Crippen molar-refractivity contribution in [1.82, 2.24) is 4.90 Å². The third-order valence-corrected chi connectivity index (χ3v) is 6.19. The minimum Gasteiger partial charge on any atom is -0.475 e. The fourth-order valence-electron chi connectivity index (χ4n) is 4.23. The van der Waals surface area contributed by atoms with E-state index in [1.807, 2.05) is 14.1 Å². The Labute approximate surface area is 180 Å². The molecule has 0 aliphatic heterocycles. The van der Waals surface area contributed by atoms with Crippen LogP contribution in [-0.4, -0.2) is 25.2 Å². The molecule has 0 radical (unpaired) electrons. The average Bonchev–Trinajstić information content (AvgIpc) is 2.77. The van der Waals surface area contributed by atoms with Crippen molar-refractivity contribution in [2.45, 2.75) is 38.8 Å². The highest BCUT2D eigenvalue weighted by Gasteiger charge is 2.23. The zero-order valence-corrected chi connectivity index (χ0v) is 18.4. The molecular formula is C28H31NO. The van der Waals surface area contributed by atoms with Gasteiger partial charge in [0.1, 0.15) is 12.0 Å². The molecule has 0 N–H and O–H groups in total. The molecule has 3 aromatic rings. The highest BCUT2D eigenvalue weighted by molar-refractivity contribution is 5.99. The molecule has 2 heteroatoms. The average molecular weight is 398 g/mol. The summed E-state index contributed by atoms with van der Waals surface area (Å²) in [5.74, 6) is 1.50. The van der Waals surface area contributed by atoms with Gasteiger partial charge in [-0.3, -0.25) is 4.90 Å². The number of fused-ring (bicyclic) bond motifs is 1. The summed E-state index contributed by atoms with van der Waals surface area (Å²) in [6.45, 7) is 4.40. The van der Waals surface area contributed by atoms with E-state index in [9.17, 15) is 0 Å². The predicted molar refractivity (Wildman–Crippen MR) is 127 cm³/mol. The summed E-state index contributed by atoms with van der Waals surface area (Å²) in [7, 11) is 4.05. The number of hydrogen-bond acceptors (Lipinski definition) is 2. The van der Waals surface area contributed by atoms with Crippen LogP contribution in [0.1, 0.15) is 54.9 Å². The Morgan fingerprint density at radius 1 is 0.867 bits per heavy atom. The van der Waals surface area contributed by atoms with E-state index in [-0.39, 0.29) is 6.23 Å². The van der Waals surface area contributed by atoms with E-state index < -0.39 is 0 Å². The van der Waals surface area contributed by atoms with E-state index in [4.69, 9.17) is 4.74 Å². The third kappa shape index (κ3) is 4.20. The van der Waals surface area contributed by atoms with Crippen LogP contribution in [0.3, 0.4) is 0 Å². The van der Waals surface area contributed by atoms with Gasteiger partial charge in [-0.25, -0.2) is 0 Å². The SMILES string of the molecule is CC1CCC(=C(c2ccccc2)c2ccc(OC(C)N(C)C)cc2)c2ccccc21. The Bertz CT molecular complexity index is 1020. The number of rotatable bonds is 5. The van der Waals surface area contributed by atoms with Crippen LogP contribution in [0.5, 0.6) is 5.75 Å². The number of benzene rings is 3. The standard InChI is InChI=1S/C28H31NO/c1-20-14-19-27(26-13-9-8-12-25(20)26)28(22-10-6-5-7-11-22)23-15-17-24(18-16-23)30-21(2)29(3)4/h5-13,15-18,20-21H,14,19H2,1-4H3. The summed E-state index contributed by atoms with van der Waals surface area (Å²) >= 11 is 0. The van der Waals surface area contributed by atoms with E-state index in [2.05, 4.69) is 97.6 Å². The van der Waals surface area contributed by atoms with Crippen LogP contribution in [0.2, 0.25) is 0 Å². The van der Waals surface area contributed by atoms with Crippen LogP contribution in [0.4, 0.5) is 0 Å². The molecule has 0 fully saturated rings. The summed E-state index contributed by atoms with van der Waals surface area (Å²) in [6.07, 6.45) is 2.32. The Hall–Kier alpha value is -2.84. The number of nitrogens with zero attached hydrogens (tertiary/aromatic N) is 1. The Morgan fingerprint density at radius 2 is 1.50 bits per heavy atom. The molecule has 2 unspecified atom stereocenters. The zero-order chi connectivity index (χ0) is 21.1. The maximum Gasteiger partial charge on any atom is 0.149 e. The molecule has 2 nitrogen and oxygen atoms in total. The minimum atomic E-state index is 0.0366. The lowest BCUT2D eigenvalue weighted by atomic mass is 9.77. The van der Waals surface area contributed by atoms with Crippen LogP contribution >= 0.6 is 0 Å². The molecule has 2 atom stereocenters. The first-order valence-electron chi connectivity index (χ1n) is 10.9. The van der Waals surface area contributed by atoms with Crippen LogP contribution < -0.4 is 4.74 Å².